The molecule has 0 radical (unpaired) electrons. The predicted octanol–water partition coefficient (Wildman–Crippen LogP) is 2.40. The second-order valence-electron chi connectivity index (χ2n) is 5.50. The number of urea groups is 2. The molecule has 0 aromatic carbocycles. The fourth-order valence-corrected chi connectivity index (χ4v) is 3.52. The SMILES string of the molecule is CCCCCCNC(=O)NC(=O)CSSCCNC(=O)NC(=O)CCC. The molecule has 150 valence electrons. The maximum Gasteiger partial charge on any atom is 0.321 e. The predicted molar refractivity (Wildman–Crippen MR) is 107 cm³/mol. The van der Waals surface area contributed by atoms with Gasteiger partial charge in [-0.25, -0.2) is 9.59 Å². The molecule has 0 aliphatic carbocycles. The number of unbranched alkanes of at least 4 members (excludes halogenated alkanes) is 3. The lowest BCUT2D eigenvalue weighted by Gasteiger charge is -2.07. The molecule has 0 aromatic rings. The second kappa shape index (κ2) is 17.0. The van der Waals surface area contributed by atoms with Crippen molar-refractivity contribution in [2.75, 3.05) is 24.6 Å². The summed E-state index contributed by atoms with van der Waals surface area (Å²) in [6.45, 7) is 4.92. The largest absolute Gasteiger partial charge is 0.338 e. The lowest BCUT2D eigenvalue weighted by atomic mass is 10.2. The molecule has 26 heavy (non-hydrogen) atoms. The van der Waals surface area contributed by atoms with Gasteiger partial charge in [-0.1, -0.05) is 54.7 Å². The van der Waals surface area contributed by atoms with Gasteiger partial charge in [-0.15, -0.1) is 0 Å². The second-order valence-corrected chi connectivity index (χ2v) is 8.09. The minimum atomic E-state index is -0.512. The fourth-order valence-electron chi connectivity index (χ4n) is 1.78. The number of carbonyl (C=O) groups is 4. The molecule has 0 aliphatic heterocycles. The Balaban J connectivity index is 3.54. The smallest absolute Gasteiger partial charge is 0.321 e. The van der Waals surface area contributed by atoms with Crippen LogP contribution in [0, 0.1) is 0 Å². The summed E-state index contributed by atoms with van der Waals surface area (Å²) in [5, 5.41) is 9.71. The van der Waals surface area contributed by atoms with Crippen LogP contribution in [0.5, 0.6) is 0 Å². The highest BCUT2D eigenvalue weighted by Gasteiger charge is 2.08. The van der Waals surface area contributed by atoms with Crippen LogP contribution in [0.4, 0.5) is 9.59 Å². The van der Waals surface area contributed by atoms with E-state index in [1.165, 1.54) is 21.6 Å². The Hall–Kier alpha value is -1.42. The van der Waals surface area contributed by atoms with Crippen LogP contribution in [0.2, 0.25) is 0 Å². The van der Waals surface area contributed by atoms with E-state index in [0.29, 0.717) is 31.7 Å². The van der Waals surface area contributed by atoms with Crippen molar-refractivity contribution in [3.63, 3.8) is 0 Å². The lowest BCUT2D eigenvalue weighted by molar-refractivity contribution is -0.120. The molecular formula is C16H30N4O4S2. The Morgan fingerprint density at radius 2 is 1.38 bits per heavy atom. The lowest BCUT2D eigenvalue weighted by Crippen LogP contribution is -2.40. The monoisotopic (exact) mass is 406 g/mol. The molecule has 0 spiro atoms. The first-order valence-corrected chi connectivity index (χ1v) is 11.4. The van der Waals surface area contributed by atoms with Gasteiger partial charge in [-0.05, 0) is 12.8 Å². The summed E-state index contributed by atoms with van der Waals surface area (Å²) >= 11 is 0. The zero-order valence-corrected chi connectivity index (χ0v) is 17.2. The van der Waals surface area contributed by atoms with E-state index in [2.05, 4.69) is 28.2 Å². The fraction of sp³-hybridized carbons (Fsp3) is 0.750. The molecule has 0 unspecified atom stereocenters. The molecule has 10 heteroatoms. The summed E-state index contributed by atoms with van der Waals surface area (Å²) in [7, 11) is 2.70. The summed E-state index contributed by atoms with van der Waals surface area (Å²) in [5.41, 5.74) is 0. The van der Waals surface area contributed by atoms with E-state index in [4.69, 9.17) is 0 Å². The maximum atomic E-state index is 11.6. The minimum absolute atomic E-state index is 0.148. The Bertz CT molecular complexity index is 450. The van der Waals surface area contributed by atoms with Crippen LogP contribution in [0.3, 0.4) is 0 Å². The number of hydrogen-bond acceptors (Lipinski definition) is 6. The van der Waals surface area contributed by atoms with Crippen LogP contribution in [-0.4, -0.2) is 48.5 Å². The van der Waals surface area contributed by atoms with E-state index in [1.54, 1.807) is 0 Å². The molecule has 0 aromatic heterocycles. The van der Waals surface area contributed by atoms with Crippen LogP contribution in [0.15, 0.2) is 0 Å². The molecule has 0 saturated heterocycles. The van der Waals surface area contributed by atoms with Crippen LogP contribution in [-0.2, 0) is 9.59 Å². The standard InChI is InChI=1S/C16H30N4O4S2/c1-3-5-6-7-9-17-15(23)20-14(22)12-26-25-11-10-18-16(24)19-13(21)8-4-2/h3-12H2,1-2H3,(H2,17,20,22,23)(H2,18,19,21,24). The van der Waals surface area contributed by atoms with Crippen LogP contribution in [0.25, 0.3) is 0 Å². The highest BCUT2D eigenvalue weighted by molar-refractivity contribution is 8.76. The Kier molecular flexibility index (Phi) is 16.1. The summed E-state index contributed by atoms with van der Waals surface area (Å²) in [4.78, 5) is 45.7. The summed E-state index contributed by atoms with van der Waals surface area (Å²) in [6, 6.07) is -0.977. The van der Waals surface area contributed by atoms with E-state index in [9.17, 15) is 19.2 Å². The molecule has 0 heterocycles. The number of hydrogen-bond donors (Lipinski definition) is 4. The van der Waals surface area contributed by atoms with Gasteiger partial charge in [-0.3, -0.25) is 20.2 Å². The average Bonchev–Trinajstić information content (AvgIpc) is 2.57. The maximum absolute atomic E-state index is 11.6. The van der Waals surface area contributed by atoms with Crippen LogP contribution >= 0.6 is 21.6 Å². The van der Waals surface area contributed by atoms with Gasteiger partial charge in [0.1, 0.15) is 0 Å². The van der Waals surface area contributed by atoms with Crippen LogP contribution in [0.1, 0.15) is 52.4 Å². The average molecular weight is 407 g/mol. The molecular weight excluding hydrogens is 376 g/mol. The highest BCUT2D eigenvalue weighted by atomic mass is 33.1. The van der Waals surface area contributed by atoms with Gasteiger partial charge in [0.2, 0.25) is 11.8 Å². The number of imide groups is 2. The van der Waals surface area contributed by atoms with Crippen molar-refractivity contribution in [1.29, 1.82) is 0 Å². The van der Waals surface area contributed by atoms with Crippen molar-refractivity contribution in [2.45, 2.75) is 52.4 Å². The Morgan fingerprint density at radius 3 is 2.04 bits per heavy atom. The molecule has 6 amide bonds. The molecule has 4 N–H and O–H groups in total. The first-order chi connectivity index (χ1) is 12.5. The van der Waals surface area contributed by atoms with Crippen molar-refractivity contribution in [2.24, 2.45) is 0 Å². The molecule has 0 saturated carbocycles. The van der Waals surface area contributed by atoms with Crippen molar-refractivity contribution in [3.05, 3.63) is 0 Å². The van der Waals surface area contributed by atoms with E-state index in [0.717, 1.165) is 25.7 Å². The van der Waals surface area contributed by atoms with Gasteiger partial charge < -0.3 is 10.6 Å². The van der Waals surface area contributed by atoms with Crippen LogP contribution < -0.4 is 21.3 Å². The van der Waals surface area contributed by atoms with Crippen molar-refractivity contribution >= 4 is 45.5 Å². The van der Waals surface area contributed by atoms with Gasteiger partial charge in [-0.2, -0.15) is 0 Å². The number of carbonyl (C=O) groups excluding carboxylic acids is 4. The Morgan fingerprint density at radius 1 is 0.731 bits per heavy atom. The van der Waals surface area contributed by atoms with E-state index in [-0.39, 0.29) is 17.6 Å². The molecule has 0 atom stereocenters. The first kappa shape index (κ1) is 24.6. The zero-order chi connectivity index (χ0) is 19.6. The highest BCUT2D eigenvalue weighted by Crippen LogP contribution is 2.19. The van der Waals surface area contributed by atoms with E-state index < -0.39 is 12.1 Å². The third-order valence-electron chi connectivity index (χ3n) is 3.04. The van der Waals surface area contributed by atoms with Gasteiger partial charge in [0, 0.05) is 25.3 Å². The van der Waals surface area contributed by atoms with Gasteiger partial charge in [0.15, 0.2) is 0 Å². The zero-order valence-electron chi connectivity index (χ0n) is 15.5. The van der Waals surface area contributed by atoms with Crippen molar-refractivity contribution in [3.8, 4) is 0 Å². The third kappa shape index (κ3) is 16.1. The van der Waals surface area contributed by atoms with Crippen molar-refractivity contribution in [1.82, 2.24) is 21.3 Å². The van der Waals surface area contributed by atoms with Gasteiger partial charge >= 0.3 is 12.1 Å². The topological polar surface area (TPSA) is 116 Å². The molecule has 0 bridgehead atoms. The number of nitrogens with one attached hydrogen (secondary N) is 4. The molecule has 8 nitrogen and oxygen atoms in total. The van der Waals surface area contributed by atoms with E-state index in [1.807, 2.05) is 6.92 Å². The summed E-state index contributed by atoms with van der Waals surface area (Å²) in [6.07, 6.45) is 5.25. The van der Waals surface area contributed by atoms with Gasteiger partial charge in [0.25, 0.3) is 0 Å². The third-order valence-corrected chi connectivity index (χ3v) is 5.31. The van der Waals surface area contributed by atoms with Gasteiger partial charge in [0.05, 0.1) is 5.75 Å². The summed E-state index contributed by atoms with van der Waals surface area (Å²) < 4.78 is 0. The number of amides is 6. The van der Waals surface area contributed by atoms with Crippen molar-refractivity contribution < 1.29 is 19.2 Å². The molecule has 0 rings (SSSR count). The number of rotatable bonds is 13. The molecule has 0 aliphatic rings. The summed E-state index contributed by atoms with van der Waals surface area (Å²) in [5.74, 6) is 0.0725. The Labute approximate surface area is 163 Å². The molecule has 0 fully saturated rings. The quantitative estimate of drug-likeness (QED) is 0.276. The normalized spacial score (nSPS) is 10.1. The minimum Gasteiger partial charge on any atom is -0.338 e. The van der Waals surface area contributed by atoms with E-state index >= 15 is 0 Å². The first-order valence-electron chi connectivity index (χ1n) is 8.89.